The maximum atomic E-state index is 10.7. The van der Waals surface area contributed by atoms with Crippen LogP contribution in [-0.4, -0.2) is 22.1 Å². The van der Waals surface area contributed by atoms with Crippen molar-refractivity contribution in [2.45, 2.75) is 51.6 Å². The fourth-order valence-electron chi connectivity index (χ4n) is 2.72. The summed E-state index contributed by atoms with van der Waals surface area (Å²) in [4.78, 5) is 14.9. The summed E-state index contributed by atoms with van der Waals surface area (Å²) in [5.41, 5.74) is 1.14. The Hall–Kier alpha value is -1.42. The lowest BCUT2D eigenvalue weighted by Gasteiger charge is -2.28. The highest BCUT2D eigenvalue weighted by Crippen LogP contribution is 2.26. The van der Waals surface area contributed by atoms with Crippen LogP contribution < -0.4 is 5.32 Å². The number of hydrogen-bond donors (Lipinski definition) is 2. The van der Waals surface area contributed by atoms with Gasteiger partial charge in [-0.3, -0.25) is 4.98 Å². The Morgan fingerprint density at radius 2 is 2.16 bits per heavy atom. The van der Waals surface area contributed by atoms with Gasteiger partial charge in [0.05, 0.1) is 11.3 Å². The average Bonchev–Trinajstić information content (AvgIpc) is 2.46. The van der Waals surface area contributed by atoms with Crippen molar-refractivity contribution >= 4 is 5.97 Å². The highest BCUT2D eigenvalue weighted by atomic mass is 16.4. The molecule has 0 unspecified atom stereocenters. The molecule has 0 bridgehead atoms. The molecule has 0 spiro atoms. The molecule has 2 rings (SSSR count). The Morgan fingerprint density at radius 1 is 1.42 bits per heavy atom. The van der Waals surface area contributed by atoms with E-state index in [1.165, 1.54) is 38.3 Å². The first-order valence-electron chi connectivity index (χ1n) is 7.08. The van der Waals surface area contributed by atoms with Crippen LogP contribution in [0.3, 0.4) is 0 Å². The Morgan fingerprint density at radius 3 is 2.74 bits per heavy atom. The molecule has 4 heteroatoms. The van der Waals surface area contributed by atoms with E-state index in [4.69, 9.17) is 5.11 Å². The highest BCUT2D eigenvalue weighted by Gasteiger charge is 2.19. The Labute approximate surface area is 114 Å². The summed E-state index contributed by atoms with van der Waals surface area (Å²) in [6, 6.07) is 3.89. The van der Waals surface area contributed by atoms with Crippen molar-refractivity contribution in [1.82, 2.24) is 10.3 Å². The lowest BCUT2D eigenvalue weighted by molar-refractivity contribution is 0.0696. The molecule has 1 aliphatic carbocycles. The van der Waals surface area contributed by atoms with E-state index in [-0.39, 0.29) is 5.56 Å². The fourth-order valence-corrected chi connectivity index (χ4v) is 2.72. The molecule has 1 aliphatic rings. The highest BCUT2D eigenvalue weighted by molar-refractivity contribution is 5.87. The van der Waals surface area contributed by atoms with Gasteiger partial charge in [-0.15, -0.1) is 0 Å². The molecule has 0 saturated heterocycles. The van der Waals surface area contributed by atoms with Crippen molar-refractivity contribution in [2.24, 2.45) is 5.92 Å². The first kappa shape index (κ1) is 14.0. The molecule has 4 nitrogen and oxygen atoms in total. The number of carbonyl (C=O) groups is 1. The number of carboxylic acid groups (broad SMARTS) is 1. The minimum atomic E-state index is -0.928. The molecular weight excluding hydrogens is 240 g/mol. The smallest absolute Gasteiger partial charge is 0.337 e. The maximum Gasteiger partial charge on any atom is 0.337 e. The second-order valence-electron chi connectivity index (χ2n) is 5.41. The number of nitrogens with zero attached hydrogens (tertiary/aromatic N) is 1. The van der Waals surface area contributed by atoms with Crippen molar-refractivity contribution in [1.29, 1.82) is 0 Å². The molecule has 1 heterocycles. The predicted molar refractivity (Wildman–Crippen MR) is 74.1 cm³/mol. The predicted octanol–water partition coefficient (Wildman–Crippen LogP) is 2.84. The van der Waals surface area contributed by atoms with Gasteiger partial charge in [0.2, 0.25) is 0 Å². The van der Waals surface area contributed by atoms with Crippen LogP contribution in [0.15, 0.2) is 18.3 Å². The number of rotatable bonds is 5. The third-order valence-electron chi connectivity index (χ3n) is 4.03. The van der Waals surface area contributed by atoms with E-state index in [0.29, 0.717) is 12.6 Å². The van der Waals surface area contributed by atoms with E-state index in [9.17, 15) is 4.79 Å². The van der Waals surface area contributed by atoms with Crippen molar-refractivity contribution < 1.29 is 9.90 Å². The number of aromatic nitrogens is 1. The van der Waals surface area contributed by atoms with Crippen LogP contribution >= 0.6 is 0 Å². The van der Waals surface area contributed by atoms with Gasteiger partial charge in [-0.1, -0.05) is 19.3 Å². The number of pyridine rings is 1. The summed E-state index contributed by atoms with van der Waals surface area (Å²) in [6.07, 6.45) is 8.13. The van der Waals surface area contributed by atoms with Gasteiger partial charge < -0.3 is 10.4 Å². The van der Waals surface area contributed by atoms with Gasteiger partial charge in [0.1, 0.15) is 0 Å². The minimum Gasteiger partial charge on any atom is -0.478 e. The van der Waals surface area contributed by atoms with Crippen molar-refractivity contribution in [3.8, 4) is 0 Å². The van der Waals surface area contributed by atoms with Crippen molar-refractivity contribution in [3.05, 3.63) is 29.6 Å². The van der Waals surface area contributed by atoms with Crippen LogP contribution in [0.25, 0.3) is 0 Å². The molecule has 1 fully saturated rings. The maximum absolute atomic E-state index is 10.7. The van der Waals surface area contributed by atoms with Crippen LogP contribution in [0.4, 0.5) is 0 Å². The summed E-state index contributed by atoms with van der Waals surface area (Å²) in [6.45, 7) is 2.94. The van der Waals surface area contributed by atoms with Crippen LogP contribution in [-0.2, 0) is 6.54 Å². The topological polar surface area (TPSA) is 62.2 Å². The molecule has 0 radical (unpaired) electrons. The van der Waals surface area contributed by atoms with Gasteiger partial charge in [0, 0.05) is 18.8 Å². The number of aromatic carboxylic acids is 1. The standard InChI is InChI=1S/C15H22N2O2/c1-11(12-5-3-2-4-6-12)16-10-14-8-7-13(9-17-14)15(18)19/h7-9,11-12,16H,2-6,10H2,1H3,(H,18,19)/t11-/m1/s1. The van der Waals surface area contributed by atoms with Crippen LogP contribution in [0.1, 0.15) is 55.1 Å². The van der Waals surface area contributed by atoms with Crippen LogP contribution in [0, 0.1) is 5.92 Å². The van der Waals surface area contributed by atoms with Crippen molar-refractivity contribution in [3.63, 3.8) is 0 Å². The normalized spacial score (nSPS) is 18.2. The fraction of sp³-hybridized carbons (Fsp3) is 0.600. The third kappa shape index (κ3) is 4.03. The van der Waals surface area contributed by atoms with E-state index >= 15 is 0 Å². The first-order chi connectivity index (χ1) is 9.16. The quantitative estimate of drug-likeness (QED) is 0.856. The van der Waals surface area contributed by atoms with E-state index in [1.807, 2.05) is 0 Å². The zero-order valence-electron chi connectivity index (χ0n) is 11.4. The lowest BCUT2D eigenvalue weighted by atomic mass is 9.84. The largest absolute Gasteiger partial charge is 0.478 e. The third-order valence-corrected chi connectivity index (χ3v) is 4.03. The second kappa shape index (κ2) is 6.66. The molecule has 2 N–H and O–H groups in total. The second-order valence-corrected chi connectivity index (χ2v) is 5.41. The zero-order valence-corrected chi connectivity index (χ0v) is 11.4. The van der Waals surface area contributed by atoms with Crippen molar-refractivity contribution in [2.75, 3.05) is 0 Å². The average molecular weight is 262 g/mol. The van der Waals surface area contributed by atoms with E-state index in [0.717, 1.165) is 11.6 Å². The molecular formula is C15H22N2O2. The molecule has 104 valence electrons. The number of hydrogen-bond acceptors (Lipinski definition) is 3. The van der Waals surface area contributed by atoms with Crippen LogP contribution in [0.2, 0.25) is 0 Å². The van der Waals surface area contributed by atoms with E-state index < -0.39 is 5.97 Å². The minimum absolute atomic E-state index is 0.240. The summed E-state index contributed by atoms with van der Waals surface area (Å²) >= 11 is 0. The van der Waals surface area contributed by atoms with Gasteiger partial charge in [-0.05, 0) is 37.8 Å². The summed E-state index contributed by atoms with van der Waals surface area (Å²) < 4.78 is 0. The summed E-state index contributed by atoms with van der Waals surface area (Å²) in [5, 5.41) is 12.3. The zero-order chi connectivity index (χ0) is 13.7. The van der Waals surface area contributed by atoms with Gasteiger partial charge in [0.15, 0.2) is 0 Å². The Kier molecular flexibility index (Phi) is 4.91. The first-order valence-corrected chi connectivity index (χ1v) is 7.08. The number of nitrogens with one attached hydrogen (secondary N) is 1. The molecule has 19 heavy (non-hydrogen) atoms. The van der Waals surface area contributed by atoms with E-state index in [2.05, 4.69) is 17.2 Å². The van der Waals surface area contributed by atoms with Gasteiger partial charge in [-0.2, -0.15) is 0 Å². The Bertz CT molecular complexity index is 411. The molecule has 0 aliphatic heterocycles. The van der Waals surface area contributed by atoms with Gasteiger partial charge in [-0.25, -0.2) is 4.79 Å². The van der Waals surface area contributed by atoms with Crippen LogP contribution in [0.5, 0.6) is 0 Å². The van der Waals surface area contributed by atoms with Gasteiger partial charge >= 0.3 is 5.97 Å². The summed E-state index contributed by atoms with van der Waals surface area (Å²) in [5.74, 6) is -0.158. The molecule has 0 amide bonds. The number of carboxylic acids is 1. The lowest BCUT2D eigenvalue weighted by Crippen LogP contribution is -2.34. The van der Waals surface area contributed by atoms with Gasteiger partial charge in [0.25, 0.3) is 0 Å². The SMILES string of the molecule is C[C@@H](NCc1ccc(C(=O)O)cn1)C1CCCCC1. The monoisotopic (exact) mass is 262 g/mol. The summed E-state index contributed by atoms with van der Waals surface area (Å²) in [7, 11) is 0. The molecule has 1 saturated carbocycles. The molecule has 0 aromatic carbocycles. The molecule has 1 aromatic rings. The molecule has 1 aromatic heterocycles. The molecule has 1 atom stereocenters. The van der Waals surface area contributed by atoms with E-state index in [1.54, 1.807) is 12.1 Å². The Balaban J connectivity index is 1.82.